The average Bonchev–Trinajstić information content (AvgIpc) is 2.59. The van der Waals surface area contributed by atoms with Crippen molar-refractivity contribution < 1.29 is 0 Å². The van der Waals surface area contributed by atoms with Crippen LogP contribution in [0.2, 0.25) is 0 Å². The Bertz CT molecular complexity index is 364. The Balaban J connectivity index is 2.29. The van der Waals surface area contributed by atoms with Crippen LogP contribution in [0.4, 0.5) is 0 Å². The van der Waals surface area contributed by atoms with Gasteiger partial charge >= 0.3 is 0 Å². The summed E-state index contributed by atoms with van der Waals surface area (Å²) in [7, 11) is 0. The lowest BCUT2D eigenvalue weighted by Gasteiger charge is -2.27. The van der Waals surface area contributed by atoms with Crippen LogP contribution in [0.25, 0.3) is 0 Å². The molecule has 17 heavy (non-hydrogen) atoms. The summed E-state index contributed by atoms with van der Waals surface area (Å²) in [5.41, 5.74) is 10.4. The SMILES string of the molecule is CCCN1CC[C@@H](N)[C@@H]1c1cc(C)cc(C)c1. The summed E-state index contributed by atoms with van der Waals surface area (Å²) >= 11 is 0. The lowest BCUT2D eigenvalue weighted by atomic mass is 9.97. The largest absolute Gasteiger partial charge is 0.326 e. The van der Waals surface area contributed by atoms with Gasteiger partial charge in [0, 0.05) is 18.6 Å². The molecule has 94 valence electrons. The fraction of sp³-hybridized carbons (Fsp3) is 0.600. The smallest absolute Gasteiger partial charge is 0.0499 e. The summed E-state index contributed by atoms with van der Waals surface area (Å²) in [6.07, 6.45) is 2.33. The fourth-order valence-electron chi connectivity index (χ4n) is 3.06. The minimum atomic E-state index is 0.294. The normalized spacial score (nSPS) is 25.4. The molecule has 2 atom stereocenters. The number of nitrogens with zero attached hydrogens (tertiary/aromatic N) is 1. The Morgan fingerprint density at radius 1 is 1.24 bits per heavy atom. The highest BCUT2D eigenvalue weighted by Gasteiger charge is 2.32. The third-order valence-electron chi connectivity index (χ3n) is 3.64. The van der Waals surface area contributed by atoms with Crippen LogP contribution in [-0.2, 0) is 0 Å². The maximum atomic E-state index is 6.29. The van der Waals surface area contributed by atoms with E-state index in [1.165, 1.54) is 23.1 Å². The molecule has 0 bridgehead atoms. The van der Waals surface area contributed by atoms with Crippen molar-refractivity contribution in [1.29, 1.82) is 0 Å². The Kier molecular flexibility index (Phi) is 3.85. The highest BCUT2D eigenvalue weighted by Crippen LogP contribution is 2.32. The number of likely N-dealkylation sites (tertiary alicyclic amines) is 1. The molecule has 1 aliphatic rings. The van der Waals surface area contributed by atoms with Crippen molar-refractivity contribution in [3.05, 3.63) is 34.9 Å². The highest BCUT2D eigenvalue weighted by molar-refractivity contribution is 5.32. The minimum Gasteiger partial charge on any atom is -0.326 e. The van der Waals surface area contributed by atoms with E-state index in [-0.39, 0.29) is 0 Å². The third-order valence-corrected chi connectivity index (χ3v) is 3.64. The molecular weight excluding hydrogens is 208 g/mol. The van der Waals surface area contributed by atoms with Crippen molar-refractivity contribution in [3.8, 4) is 0 Å². The van der Waals surface area contributed by atoms with Crippen LogP contribution >= 0.6 is 0 Å². The fourth-order valence-corrected chi connectivity index (χ4v) is 3.06. The van der Waals surface area contributed by atoms with E-state index in [1.807, 2.05) is 0 Å². The summed E-state index contributed by atoms with van der Waals surface area (Å²) in [5.74, 6) is 0. The Morgan fingerprint density at radius 2 is 1.88 bits per heavy atom. The van der Waals surface area contributed by atoms with Gasteiger partial charge in [-0.15, -0.1) is 0 Å². The van der Waals surface area contributed by atoms with Crippen molar-refractivity contribution >= 4 is 0 Å². The van der Waals surface area contributed by atoms with E-state index in [4.69, 9.17) is 5.73 Å². The van der Waals surface area contributed by atoms with Gasteiger partial charge in [0.15, 0.2) is 0 Å². The Hall–Kier alpha value is -0.860. The first-order chi connectivity index (χ1) is 8.11. The molecule has 0 saturated carbocycles. The minimum absolute atomic E-state index is 0.294. The van der Waals surface area contributed by atoms with Gasteiger partial charge in [0.2, 0.25) is 0 Å². The first kappa shape index (κ1) is 12.6. The molecule has 0 aromatic heterocycles. The molecule has 1 heterocycles. The van der Waals surface area contributed by atoms with Gasteiger partial charge in [0.05, 0.1) is 0 Å². The quantitative estimate of drug-likeness (QED) is 0.868. The summed E-state index contributed by atoms with van der Waals surface area (Å²) in [6.45, 7) is 8.88. The van der Waals surface area contributed by atoms with Gasteiger partial charge in [-0.3, -0.25) is 4.90 Å². The summed E-state index contributed by atoms with van der Waals surface area (Å²) < 4.78 is 0. The molecule has 2 nitrogen and oxygen atoms in total. The third kappa shape index (κ3) is 2.70. The predicted octanol–water partition coefficient (Wildman–Crippen LogP) is 2.79. The van der Waals surface area contributed by atoms with Crippen LogP contribution < -0.4 is 5.73 Å². The molecule has 1 aromatic rings. The summed E-state index contributed by atoms with van der Waals surface area (Å²) in [6, 6.07) is 7.54. The lowest BCUT2D eigenvalue weighted by Crippen LogP contribution is -2.32. The van der Waals surface area contributed by atoms with Gasteiger partial charge in [0.25, 0.3) is 0 Å². The second kappa shape index (κ2) is 5.19. The van der Waals surface area contributed by atoms with Crippen molar-refractivity contribution in [2.45, 2.75) is 45.7 Å². The van der Waals surface area contributed by atoms with Crippen molar-refractivity contribution in [3.63, 3.8) is 0 Å². The predicted molar refractivity (Wildman–Crippen MR) is 73.1 cm³/mol. The van der Waals surface area contributed by atoms with Crippen LogP contribution in [0, 0.1) is 13.8 Å². The number of aryl methyl sites for hydroxylation is 2. The number of hydrogen-bond donors (Lipinski definition) is 1. The highest BCUT2D eigenvalue weighted by atomic mass is 15.2. The standard InChI is InChI=1S/C15H24N2/c1-4-6-17-7-5-14(16)15(17)13-9-11(2)8-12(3)10-13/h8-10,14-15H,4-7,16H2,1-3H3/t14-,15+/m1/s1. The van der Waals surface area contributed by atoms with Crippen molar-refractivity contribution in [2.24, 2.45) is 5.73 Å². The first-order valence-corrected chi connectivity index (χ1v) is 6.69. The molecule has 1 aliphatic heterocycles. The van der Waals surface area contributed by atoms with E-state index in [0.717, 1.165) is 19.5 Å². The lowest BCUT2D eigenvalue weighted by molar-refractivity contribution is 0.248. The molecule has 2 heteroatoms. The van der Waals surface area contributed by atoms with Crippen molar-refractivity contribution in [1.82, 2.24) is 4.90 Å². The van der Waals surface area contributed by atoms with E-state index < -0.39 is 0 Å². The van der Waals surface area contributed by atoms with E-state index in [2.05, 4.69) is 43.9 Å². The van der Waals surface area contributed by atoms with Gasteiger partial charge in [-0.05, 0) is 38.8 Å². The monoisotopic (exact) mass is 232 g/mol. The number of nitrogens with two attached hydrogens (primary N) is 1. The second-order valence-corrected chi connectivity index (χ2v) is 5.35. The van der Waals surface area contributed by atoms with E-state index in [1.54, 1.807) is 0 Å². The van der Waals surface area contributed by atoms with E-state index in [0.29, 0.717) is 12.1 Å². The number of benzene rings is 1. The van der Waals surface area contributed by atoms with Gasteiger partial charge in [-0.2, -0.15) is 0 Å². The molecule has 1 fully saturated rings. The van der Waals surface area contributed by atoms with Gasteiger partial charge in [-0.1, -0.05) is 36.2 Å². The zero-order chi connectivity index (χ0) is 12.4. The van der Waals surface area contributed by atoms with Gasteiger partial charge < -0.3 is 5.73 Å². The zero-order valence-electron chi connectivity index (χ0n) is 11.2. The average molecular weight is 232 g/mol. The number of rotatable bonds is 3. The van der Waals surface area contributed by atoms with Crippen molar-refractivity contribution in [2.75, 3.05) is 13.1 Å². The van der Waals surface area contributed by atoms with Crippen LogP contribution in [-0.4, -0.2) is 24.0 Å². The molecule has 1 aromatic carbocycles. The summed E-state index contributed by atoms with van der Waals surface area (Å²) in [4.78, 5) is 2.54. The molecule has 0 unspecified atom stereocenters. The van der Waals surface area contributed by atoms with Crippen LogP contribution in [0.5, 0.6) is 0 Å². The van der Waals surface area contributed by atoms with Gasteiger partial charge in [0.1, 0.15) is 0 Å². The molecular formula is C15H24N2. The summed E-state index contributed by atoms with van der Waals surface area (Å²) in [5, 5.41) is 0. The topological polar surface area (TPSA) is 29.3 Å². The van der Waals surface area contributed by atoms with E-state index in [9.17, 15) is 0 Å². The van der Waals surface area contributed by atoms with Crippen LogP contribution in [0.1, 0.15) is 42.5 Å². The van der Waals surface area contributed by atoms with Crippen LogP contribution in [0.3, 0.4) is 0 Å². The first-order valence-electron chi connectivity index (χ1n) is 6.69. The van der Waals surface area contributed by atoms with Crippen LogP contribution in [0.15, 0.2) is 18.2 Å². The Morgan fingerprint density at radius 3 is 2.47 bits per heavy atom. The molecule has 0 aliphatic carbocycles. The molecule has 0 radical (unpaired) electrons. The molecule has 2 rings (SSSR count). The molecule has 2 N–H and O–H groups in total. The second-order valence-electron chi connectivity index (χ2n) is 5.35. The zero-order valence-corrected chi connectivity index (χ0v) is 11.2. The Labute approximate surface area is 105 Å². The molecule has 1 saturated heterocycles. The number of hydrogen-bond acceptors (Lipinski definition) is 2. The molecule has 0 spiro atoms. The maximum Gasteiger partial charge on any atom is 0.0499 e. The van der Waals surface area contributed by atoms with E-state index >= 15 is 0 Å². The molecule has 0 amide bonds. The maximum absolute atomic E-state index is 6.29. The van der Waals surface area contributed by atoms with Gasteiger partial charge in [-0.25, -0.2) is 0 Å².